The van der Waals surface area contributed by atoms with Crippen LogP contribution < -0.4 is 4.74 Å². The van der Waals surface area contributed by atoms with Gasteiger partial charge in [0.15, 0.2) is 0 Å². The maximum Gasteiger partial charge on any atom is 0.508 e. The highest BCUT2D eigenvalue weighted by molar-refractivity contribution is 6.66. The van der Waals surface area contributed by atoms with Crippen molar-refractivity contribution in [2.75, 3.05) is 6.61 Å². The van der Waals surface area contributed by atoms with Crippen LogP contribution >= 0.6 is 11.6 Å². The molecule has 7 heteroatoms. The highest BCUT2D eigenvalue weighted by atomic mass is 35.5. The molecule has 0 aliphatic heterocycles. The number of ether oxygens (including phenoxy) is 1. The predicted octanol–water partition coefficient (Wildman–Crippen LogP) is 3.80. The van der Waals surface area contributed by atoms with Gasteiger partial charge >= 0.3 is 6.98 Å². The van der Waals surface area contributed by atoms with Crippen molar-refractivity contribution in [3.05, 3.63) is 41.1 Å². The van der Waals surface area contributed by atoms with Gasteiger partial charge in [-0.2, -0.15) is 0 Å². The van der Waals surface area contributed by atoms with E-state index in [1.165, 1.54) is 12.1 Å². The van der Waals surface area contributed by atoms with Crippen molar-refractivity contribution in [1.29, 1.82) is 0 Å². The minimum Gasteiger partial charge on any atom is -0.492 e. The second-order valence-corrected chi connectivity index (χ2v) is 3.50. The summed E-state index contributed by atoms with van der Waals surface area (Å²) in [7, 11) is 0. The second-order valence-electron chi connectivity index (χ2n) is 3.10. The van der Waals surface area contributed by atoms with Gasteiger partial charge in [-0.05, 0) is 12.1 Å². The van der Waals surface area contributed by atoms with Crippen molar-refractivity contribution in [3.63, 3.8) is 0 Å². The molecule has 0 radical (unpaired) electrons. The first-order valence-corrected chi connectivity index (χ1v) is 4.64. The molecule has 1 aromatic carbocycles. The molecule has 0 aromatic heterocycles. The van der Waals surface area contributed by atoms with Crippen molar-refractivity contribution in [1.82, 2.24) is 0 Å². The van der Waals surface area contributed by atoms with E-state index in [4.69, 9.17) is 16.3 Å². The van der Waals surface area contributed by atoms with Crippen molar-refractivity contribution in [2.24, 2.45) is 0 Å². The largest absolute Gasteiger partial charge is 0.508 e. The van der Waals surface area contributed by atoms with Crippen LogP contribution in [-0.2, 0) is 0 Å². The molecule has 0 aliphatic rings. The molecule has 0 spiro atoms. The Labute approximate surface area is 94.7 Å². The Hall–Kier alpha value is -1.17. The fourth-order valence-electron chi connectivity index (χ4n) is 0.837. The lowest BCUT2D eigenvalue weighted by Crippen LogP contribution is -2.23. The van der Waals surface area contributed by atoms with E-state index in [-0.39, 0.29) is 10.8 Å². The predicted molar refractivity (Wildman–Crippen MR) is 55.1 cm³/mol. The van der Waals surface area contributed by atoms with Gasteiger partial charge in [0.2, 0.25) is 0 Å². The van der Waals surface area contributed by atoms with Crippen LogP contribution in [0.25, 0.3) is 0 Å². The maximum absolute atomic E-state index is 12.9. The smallest absolute Gasteiger partial charge is 0.492 e. The number of halogens is 5. The zero-order valence-corrected chi connectivity index (χ0v) is 8.78. The van der Waals surface area contributed by atoms with Crippen LogP contribution in [0.1, 0.15) is 0 Å². The summed E-state index contributed by atoms with van der Waals surface area (Å²) < 4.78 is 53.9. The van der Waals surface area contributed by atoms with E-state index in [1.54, 1.807) is 0 Å². The molecule has 16 heavy (non-hydrogen) atoms. The molecule has 0 saturated carbocycles. The van der Waals surface area contributed by atoms with E-state index in [2.05, 4.69) is 6.58 Å². The molecule has 0 fully saturated rings. The highest BCUT2D eigenvalue weighted by Gasteiger charge is 2.26. The summed E-state index contributed by atoms with van der Waals surface area (Å²) in [6, 6.07) is 3.40. The van der Waals surface area contributed by atoms with E-state index < -0.39 is 24.9 Å². The Morgan fingerprint density at radius 2 is 2.00 bits per heavy atom. The highest BCUT2D eigenvalue weighted by Crippen LogP contribution is 2.23. The van der Waals surface area contributed by atoms with Gasteiger partial charge in [0.1, 0.15) is 11.6 Å². The van der Waals surface area contributed by atoms with E-state index >= 15 is 0 Å². The lowest BCUT2D eigenvalue weighted by molar-refractivity contribution is 0.345. The minimum absolute atomic E-state index is 0.0249. The maximum atomic E-state index is 12.9. The third-order valence-electron chi connectivity index (χ3n) is 1.78. The summed E-state index contributed by atoms with van der Waals surface area (Å²) in [6.07, 6.45) is 0. The first-order valence-electron chi connectivity index (χ1n) is 4.26. The number of benzene rings is 1. The van der Waals surface area contributed by atoms with E-state index in [0.29, 0.717) is 0 Å². The summed E-state index contributed by atoms with van der Waals surface area (Å²) in [5.41, 5.74) is -0.977. The van der Waals surface area contributed by atoms with Gasteiger partial charge in [-0.3, -0.25) is 0 Å². The van der Waals surface area contributed by atoms with E-state index in [1.807, 2.05) is 0 Å². The molecular formula is C9H7BClF4O-. The zero-order chi connectivity index (χ0) is 12.3. The van der Waals surface area contributed by atoms with E-state index in [9.17, 15) is 17.3 Å². The Bertz CT molecular complexity index is 405. The fraction of sp³-hybridized carbons (Fsp3) is 0.111. The Kier molecular flexibility index (Phi) is 3.85. The molecule has 0 amide bonds. The van der Waals surface area contributed by atoms with Gasteiger partial charge in [0.25, 0.3) is 0 Å². The standard InChI is InChI=1S/C9H7BClF4O/c1-6(10(13,14)15)5-16-7-2-3-8(11)9(12)4-7/h2-4H,1,5H2/q-1. The number of hydrogen-bond donors (Lipinski definition) is 0. The van der Waals surface area contributed by atoms with Crippen LogP contribution in [0.3, 0.4) is 0 Å². The molecule has 0 N–H and O–H groups in total. The van der Waals surface area contributed by atoms with Gasteiger partial charge in [-0.15, -0.1) is 12.1 Å². The molecule has 1 aromatic rings. The fourth-order valence-corrected chi connectivity index (χ4v) is 0.955. The van der Waals surface area contributed by atoms with Crippen molar-refractivity contribution in [3.8, 4) is 5.75 Å². The summed E-state index contributed by atoms with van der Waals surface area (Å²) in [4.78, 5) is 0. The molecule has 0 saturated heterocycles. The first-order chi connectivity index (χ1) is 7.30. The zero-order valence-electron chi connectivity index (χ0n) is 8.02. The number of rotatable bonds is 4. The van der Waals surface area contributed by atoms with Gasteiger partial charge in [-0.1, -0.05) is 11.6 Å². The van der Waals surface area contributed by atoms with Crippen LogP contribution in [0.2, 0.25) is 5.02 Å². The monoisotopic (exact) mass is 253 g/mol. The Morgan fingerprint density at radius 1 is 1.38 bits per heavy atom. The molecule has 0 atom stereocenters. The van der Waals surface area contributed by atoms with Gasteiger partial charge in [0.05, 0.1) is 11.6 Å². The van der Waals surface area contributed by atoms with Crippen molar-refractivity contribution >= 4 is 18.6 Å². The van der Waals surface area contributed by atoms with Gasteiger partial charge in [0, 0.05) is 6.07 Å². The Balaban J connectivity index is 2.62. The molecule has 0 unspecified atom stereocenters. The minimum atomic E-state index is -5.13. The van der Waals surface area contributed by atoms with Gasteiger partial charge < -0.3 is 17.7 Å². The van der Waals surface area contributed by atoms with Crippen LogP contribution in [0, 0.1) is 5.82 Å². The van der Waals surface area contributed by atoms with Crippen molar-refractivity contribution in [2.45, 2.75) is 0 Å². The third-order valence-corrected chi connectivity index (χ3v) is 2.08. The molecular weight excluding hydrogens is 246 g/mol. The number of hydrogen-bond acceptors (Lipinski definition) is 1. The van der Waals surface area contributed by atoms with E-state index in [0.717, 1.165) is 6.07 Å². The topological polar surface area (TPSA) is 9.23 Å². The lowest BCUT2D eigenvalue weighted by Gasteiger charge is -2.18. The quantitative estimate of drug-likeness (QED) is 0.586. The summed E-state index contributed by atoms with van der Waals surface area (Å²) in [5, 5.41) is -0.119. The molecule has 1 nitrogen and oxygen atoms in total. The average Bonchev–Trinajstić information content (AvgIpc) is 2.18. The summed E-state index contributed by atoms with van der Waals surface area (Å²) in [6.45, 7) is -3.00. The van der Waals surface area contributed by atoms with Gasteiger partial charge in [-0.25, -0.2) is 4.39 Å². The molecule has 1 rings (SSSR count). The van der Waals surface area contributed by atoms with Crippen LogP contribution in [0.5, 0.6) is 5.75 Å². The van der Waals surface area contributed by atoms with Crippen LogP contribution in [0.15, 0.2) is 30.3 Å². The Morgan fingerprint density at radius 3 is 2.50 bits per heavy atom. The third kappa shape index (κ3) is 3.45. The normalized spacial score (nSPS) is 11.3. The van der Waals surface area contributed by atoms with Crippen molar-refractivity contribution < 1.29 is 22.1 Å². The summed E-state index contributed by atoms with van der Waals surface area (Å²) >= 11 is 5.39. The van der Waals surface area contributed by atoms with Crippen LogP contribution in [-0.4, -0.2) is 13.6 Å². The molecule has 0 aliphatic carbocycles. The second kappa shape index (κ2) is 4.78. The SMILES string of the molecule is C=C(COc1ccc(Cl)c(F)c1)[B-](F)(F)F. The molecule has 88 valence electrons. The average molecular weight is 253 g/mol. The van der Waals surface area contributed by atoms with Crippen LogP contribution in [0.4, 0.5) is 17.3 Å². The summed E-state index contributed by atoms with van der Waals surface area (Å²) in [5.74, 6) is -0.773. The molecule has 0 heterocycles. The molecule has 0 bridgehead atoms. The lowest BCUT2D eigenvalue weighted by atomic mass is 9.81. The first kappa shape index (κ1) is 12.9.